The minimum Gasteiger partial charge on any atom is -0.246 e. The second-order valence-corrected chi connectivity index (χ2v) is 5.21. The van der Waals surface area contributed by atoms with Gasteiger partial charge in [-0.15, -0.1) is 11.3 Å². The molecule has 2 nitrogen and oxygen atoms in total. The molecule has 1 aromatic heterocycles. The molecule has 0 bridgehead atoms. The Bertz CT molecular complexity index is 336. The molecule has 0 aliphatic rings. The number of thiazole rings is 1. The maximum Gasteiger partial charge on any atom is 0.0941 e. The van der Waals surface area contributed by atoms with Gasteiger partial charge in [0.05, 0.1) is 22.7 Å². The molecule has 1 aromatic rings. The molecule has 1 atom stereocenters. The Hall–Kier alpha value is -0.880. The number of nitrogens with zero attached hydrogens (tertiary/aromatic N) is 2. The van der Waals surface area contributed by atoms with Crippen LogP contribution in [0.25, 0.3) is 0 Å². The van der Waals surface area contributed by atoms with Crippen LogP contribution in [-0.4, -0.2) is 4.98 Å². The van der Waals surface area contributed by atoms with Crippen LogP contribution in [0.5, 0.6) is 0 Å². The van der Waals surface area contributed by atoms with E-state index in [0.717, 1.165) is 24.3 Å². The maximum atomic E-state index is 8.87. The number of nitriles is 1. The van der Waals surface area contributed by atoms with Crippen LogP contribution in [0.1, 0.15) is 37.9 Å². The predicted octanol–water partition coefficient (Wildman–Crippen LogP) is 3.43. The second-order valence-electron chi connectivity index (χ2n) is 4.27. The van der Waals surface area contributed by atoms with Crippen molar-refractivity contribution in [2.24, 2.45) is 11.8 Å². The van der Waals surface area contributed by atoms with Crippen molar-refractivity contribution in [1.29, 1.82) is 5.26 Å². The Balaban J connectivity index is 2.57. The Kier molecular flexibility index (Phi) is 4.77. The topological polar surface area (TPSA) is 36.7 Å². The third kappa shape index (κ3) is 4.01. The predicted molar refractivity (Wildman–Crippen MR) is 63.8 cm³/mol. The molecule has 0 N–H and O–H groups in total. The maximum absolute atomic E-state index is 8.87. The fourth-order valence-corrected chi connectivity index (χ4v) is 2.34. The summed E-state index contributed by atoms with van der Waals surface area (Å²) in [6.45, 7) is 6.45. The molecule has 15 heavy (non-hydrogen) atoms. The van der Waals surface area contributed by atoms with Gasteiger partial charge >= 0.3 is 0 Å². The molecule has 0 spiro atoms. The molecule has 0 radical (unpaired) electrons. The summed E-state index contributed by atoms with van der Waals surface area (Å²) in [5.74, 6) is 0.779. The highest BCUT2D eigenvalue weighted by atomic mass is 32.1. The van der Waals surface area contributed by atoms with Gasteiger partial charge < -0.3 is 0 Å². The largest absolute Gasteiger partial charge is 0.246 e. The van der Waals surface area contributed by atoms with E-state index in [2.05, 4.69) is 37.2 Å². The molecular formula is C12H18N2S. The van der Waals surface area contributed by atoms with Gasteiger partial charge in [0.1, 0.15) is 0 Å². The normalized spacial score (nSPS) is 12.7. The Morgan fingerprint density at radius 3 is 2.73 bits per heavy atom. The van der Waals surface area contributed by atoms with Crippen molar-refractivity contribution in [3.63, 3.8) is 0 Å². The number of hydrogen-bond donors (Lipinski definition) is 0. The van der Waals surface area contributed by atoms with E-state index in [1.54, 1.807) is 11.3 Å². The minimum absolute atomic E-state index is 0.128. The summed E-state index contributed by atoms with van der Waals surface area (Å²) in [4.78, 5) is 4.55. The van der Waals surface area contributed by atoms with Crippen LogP contribution in [-0.2, 0) is 12.8 Å². The van der Waals surface area contributed by atoms with Gasteiger partial charge in [-0.05, 0) is 18.8 Å². The van der Waals surface area contributed by atoms with E-state index in [-0.39, 0.29) is 5.92 Å². The zero-order valence-electron chi connectivity index (χ0n) is 9.66. The van der Waals surface area contributed by atoms with E-state index in [9.17, 15) is 0 Å². The summed E-state index contributed by atoms with van der Waals surface area (Å²) in [6, 6.07) is 2.32. The molecule has 0 aliphatic carbocycles. The highest BCUT2D eigenvalue weighted by Gasteiger charge is 2.10. The Morgan fingerprint density at radius 1 is 1.47 bits per heavy atom. The van der Waals surface area contributed by atoms with Gasteiger partial charge in [0.15, 0.2) is 0 Å². The van der Waals surface area contributed by atoms with Crippen LogP contribution in [0, 0.1) is 23.2 Å². The molecule has 0 aliphatic heterocycles. The zero-order valence-corrected chi connectivity index (χ0v) is 10.5. The Morgan fingerprint density at radius 2 is 2.20 bits per heavy atom. The van der Waals surface area contributed by atoms with Gasteiger partial charge in [-0.1, -0.05) is 20.8 Å². The van der Waals surface area contributed by atoms with E-state index in [0.29, 0.717) is 5.92 Å². The number of hydrogen-bond acceptors (Lipinski definition) is 3. The van der Waals surface area contributed by atoms with Crippen molar-refractivity contribution in [3.8, 4) is 6.07 Å². The fraction of sp³-hybridized carbons (Fsp3) is 0.667. The van der Waals surface area contributed by atoms with Crippen molar-refractivity contribution < 1.29 is 0 Å². The van der Waals surface area contributed by atoms with Crippen molar-refractivity contribution in [1.82, 2.24) is 4.98 Å². The molecule has 0 saturated heterocycles. The van der Waals surface area contributed by atoms with Crippen molar-refractivity contribution in [2.45, 2.75) is 40.0 Å². The summed E-state index contributed by atoms with van der Waals surface area (Å²) in [7, 11) is 0. The number of rotatable bonds is 5. The average molecular weight is 222 g/mol. The second kappa shape index (κ2) is 5.87. The quantitative estimate of drug-likeness (QED) is 0.765. The highest BCUT2D eigenvalue weighted by Crippen LogP contribution is 2.17. The van der Waals surface area contributed by atoms with Gasteiger partial charge in [-0.25, -0.2) is 4.98 Å². The smallest absolute Gasteiger partial charge is 0.0941 e. The van der Waals surface area contributed by atoms with Gasteiger partial charge in [0.25, 0.3) is 0 Å². The van der Waals surface area contributed by atoms with Gasteiger partial charge in [-0.2, -0.15) is 5.26 Å². The van der Waals surface area contributed by atoms with E-state index in [1.165, 1.54) is 5.69 Å². The first-order chi connectivity index (χ1) is 7.15. The molecule has 1 unspecified atom stereocenters. The molecule has 82 valence electrons. The first-order valence-electron chi connectivity index (χ1n) is 5.48. The first-order valence-corrected chi connectivity index (χ1v) is 6.36. The van der Waals surface area contributed by atoms with Gasteiger partial charge in [-0.3, -0.25) is 0 Å². The average Bonchev–Trinajstić information content (AvgIpc) is 2.61. The fourth-order valence-electron chi connectivity index (χ4n) is 1.45. The highest BCUT2D eigenvalue weighted by molar-refractivity contribution is 7.09. The minimum atomic E-state index is 0.128. The lowest BCUT2D eigenvalue weighted by Crippen LogP contribution is -2.00. The summed E-state index contributed by atoms with van der Waals surface area (Å²) in [5, 5.41) is 12.1. The summed E-state index contributed by atoms with van der Waals surface area (Å²) < 4.78 is 0. The van der Waals surface area contributed by atoms with E-state index >= 15 is 0 Å². The van der Waals surface area contributed by atoms with Crippen molar-refractivity contribution >= 4 is 11.3 Å². The van der Waals surface area contributed by atoms with Gasteiger partial charge in [0, 0.05) is 11.8 Å². The van der Waals surface area contributed by atoms with Crippen molar-refractivity contribution in [3.05, 3.63) is 16.1 Å². The summed E-state index contributed by atoms with van der Waals surface area (Å²) >= 11 is 1.69. The van der Waals surface area contributed by atoms with Crippen LogP contribution in [0.4, 0.5) is 0 Å². The van der Waals surface area contributed by atoms with Crippen LogP contribution < -0.4 is 0 Å². The SMILES string of the molecule is CCC(C#N)Cc1nc(CC(C)C)cs1. The van der Waals surface area contributed by atoms with Crippen LogP contribution in [0.3, 0.4) is 0 Å². The lowest BCUT2D eigenvalue weighted by molar-refractivity contribution is 0.620. The zero-order chi connectivity index (χ0) is 11.3. The molecule has 0 saturated carbocycles. The van der Waals surface area contributed by atoms with E-state index < -0.39 is 0 Å². The summed E-state index contributed by atoms with van der Waals surface area (Å²) in [6.07, 6.45) is 2.77. The first kappa shape index (κ1) is 12.2. The van der Waals surface area contributed by atoms with Crippen LogP contribution in [0.2, 0.25) is 0 Å². The standard InChI is InChI=1S/C12H18N2S/c1-4-10(7-13)6-12-14-11(8-15-12)5-9(2)3/h8-10H,4-6H2,1-3H3. The number of aromatic nitrogens is 1. The molecule has 3 heteroatoms. The molecule has 0 aromatic carbocycles. The molecule has 0 fully saturated rings. The molecule has 0 amide bonds. The lowest BCUT2D eigenvalue weighted by atomic mass is 10.1. The van der Waals surface area contributed by atoms with E-state index in [4.69, 9.17) is 5.26 Å². The monoisotopic (exact) mass is 222 g/mol. The lowest BCUT2D eigenvalue weighted by Gasteiger charge is -2.02. The molecule has 1 heterocycles. The molecule has 1 rings (SSSR count). The molecular weight excluding hydrogens is 204 g/mol. The third-order valence-corrected chi connectivity index (χ3v) is 3.23. The van der Waals surface area contributed by atoms with Crippen LogP contribution >= 0.6 is 11.3 Å². The van der Waals surface area contributed by atoms with Crippen molar-refractivity contribution in [2.75, 3.05) is 0 Å². The van der Waals surface area contributed by atoms with Crippen LogP contribution in [0.15, 0.2) is 5.38 Å². The van der Waals surface area contributed by atoms with E-state index in [1.807, 2.05) is 0 Å². The summed E-state index contributed by atoms with van der Waals surface area (Å²) in [5.41, 5.74) is 1.18. The third-order valence-electron chi connectivity index (χ3n) is 2.31. The Labute approximate surface area is 96.0 Å². The van der Waals surface area contributed by atoms with Gasteiger partial charge in [0.2, 0.25) is 0 Å².